The average molecular weight is 297 g/mol. The SMILES string of the molecule is CC(N[S@@+]([O-])C(C)(C)C)c1ccc(-c2ncc[nH]2)s1. The Kier molecular flexibility index (Phi) is 4.35. The Balaban J connectivity index is 2.06. The Hall–Kier alpha value is -0.820. The summed E-state index contributed by atoms with van der Waals surface area (Å²) in [5, 5.41) is 0. The van der Waals surface area contributed by atoms with Crippen LogP contribution in [0.5, 0.6) is 0 Å². The normalized spacial score (nSPS) is 15.4. The number of aromatic nitrogens is 2. The molecule has 0 saturated heterocycles. The van der Waals surface area contributed by atoms with Crippen molar-refractivity contribution in [1.82, 2.24) is 14.7 Å². The maximum absolute atomic E-state index is 12.1. The number of nitrogens with zero attached hydrogens (tertiary/aromatic N) is 1. The van der Waals surface area contributed by atoms with Crippen molar-refractivity contribution < 1.29 is 4.55 Å². The first-order valence-electron chi connectivity index (χ1n) is 6.15. The van der Waals surface area contributed by atoms with E-state index in [-0.39, 0.29) is 10.8 Å². The van der Waals surface area contributed by atoms with Crippen LogP contribution in [0.2, 0.25) is 0 Å². The average Bonchev–Trinajstić information content (AvgIpc) is 2.98. The van der Waals surface area contributed by atoms with Crippen molar-refractivity contribution in [2.45, 2.75) is 38.5 Å². The molecule has 2 rings (SSSR count). The zero-order chi connectivity index (χ0) is 14.0. The highest BCUT2D eigenvalue weighted by molar-refractivity contribution is 7.90. The molecule has 0 bridgehead atoms. The lowest BCUT2D eigenvalue weighted by Crippen LogP contribution is -2.40. The number of thiophene rings is 1. The summed E-state index contributed by atoms with van der Waals surface area (Å²) in [5.74, 6) is 0.875. The molecular weight excluding hydrogens is 278 g/mol. The van der Waals surface area contributed by atoms with E-state index in [0.29, 0.717) is 0 Å². The number of nitrogens with one attached hydrogen (secondary N) is 2. The lowest BCUT2D eigenvalue weighted by molar-refractivity contribution is 0.532. The van der Waals surface area contributed by atoms with E-state index in [2.05, 4.69) is 20.8 Å². The Bertz CT molecular complexity index is 516. The second-order valence-corrected chi connectivity index (χ2v) is 8.47. The Morgan fingerprint density at radius 3 is 2.74 bits per heavy atom. The van der Waals surface area contributed by atoms with Gasteiger partial charge in [0.15, 0.2) is 0 Å². The van der Waals surface area contributed by atoms with Crippen LogP contribution in [0.1, 0.15) is 38.6 Å². The summed E-state index contributed by atoms with van der Waals surface area (Å²) in [4.78, 5) is 9.57. The fraction of sp³-hybridized carbons (Fsp3) is 0.462. The van der Waals surface area contributed by atoms with Gasteiger partial charge in [0.25, 0.3) is 0 Å². The lowest BCUT2D eigenvalue weighted by atomic mass is 10.3. The molecule has 104 valence electrons. The summed E-state index contributed by atoms with van der Waals surface area (Å²) >= 11 is 0.599. The van der Waals surface area contributed by atoms with Crippen LogP contribution in [0, 0.1) is 0 Å². The molecule has 0 radical (unpaired) electrons. The van der Waals surface area contributed by atoms with Crippen molar-refractivity contribution in [3.05, 3.63) is 29.4 Å². The first-order valence-corrected chi connectivity index (χ1v) is 8.12. The van der Waals surface area contributed by atoms with Gasteiger partial charge in [0.2, 0.25) is 0 Å². The minimum absolute atomic E-state index is 0.0637. The Labute approximate surface area is 121 Å². The van der Waals surface area contributed by atoms with Crippen LogP contribution in [0.25, 0.3) is 10.7 Å². The molecule has 1 unspecified atom stereocenters. The van der Waals surface area contributed by atoms with Gasteiger partial charge in [0.05, 0.1) is 10.9 Å². The van der Waals surface area contributed by atoms with Crippen molar-refractivity contribution >= 4 is 22.7 Å². The van der Waals surface area contributed by atoms with Gasteiger partial charge in [-0.25, -0.2) is 4.98 Å². The zero-order valence-corrected chi connectivity index (χ0v) is 13.2. The van der Waals surface area contributed by atoms with Crippen molar-refractivity contribution in [2.75, 3.05) is 0 Å². The van der Waals surface area contributed by atoms with Crippen molar-refractivity contribution in [2.24, 2.45) is 0 Å². The molecule has 0 aliphatic carbocycles. The van der Waals surface area contributed by atoms with Gasteiger partial charge in [-0.1, -0.05) is 0 Å². The topological polar surface area (TPSA) is 63.8 Å². The monoisotopic (exact) mass is 297 g/mol. The quantitative estimate of drug-likeness (QED) is 0.851. The van der Waals surface area contributed by atoms with E-state index in [0.717, 1.165) is 15.6 Å². The molecule has 0 aliphatic rings. The van der Waals surface area contributed by atoms with Crippen LogP contribution in [0.3, 0.4) is 0 Å². The van der Waals surface area contributed by atoms with Gasteiger partial charge in [0.1, 0.15) is 10.6 Å². The van der Waals surface area contributed by atoms with Gasteiger partial charge in [-0.2, -0.15) is 0 Å². The summed E-state index contributed by atoms with van der Waals surface area (Å²) in [5.41, 5.74) is 0. The van der Waals surface area contributed by atoms with Crippen LogP contribution in [-0.4, -0.2) is 19.3 Å². The highest BCUT2D eigenvalue weighted by Gasteiger charge is 2.28. The molecule has 2 atom stereocenters. The summed E-state index contributed by atoms with van der Waals surface area (Å²) < 4.78 is 15.0. The number of aromatic amines is 1. The molecule has 6 heteroatoms. The van der Waals surface area contributed by atoms with Crippen LogP contribution < -0.4 is 4.72 Å². The van der Waals surface area contributed by atoms with Crippen LogP contribution in [0.15, 0.2) is 24.5 Å². The molecule has 2 heterocycles. The first kappa shape index (κ1) is 14.6. The van der Waals surface area contributed by atoms with E-state index in [1.807, 2.05) is 40.0 Å². The molecule has 0 amide bonds. The zero-order valence-electron chi connectivity index (χ0n) is 11.6. The summed E-state index contributed by atoms with van der Waals surface area (Å²) in [6.07, 6.45) is 3.55. The number of rotatable bonds is 4. The summed E-state index contributed by atoms with van der Waals surface area (Å²) in [6.45, 7) is 7.92. The fourth-order valence-corrected chi connectivity index (χ4v) is 3.35. The summed E-state index contributed by atoms with van der Waals surface area (Å²) in [7, 11) is 0. The molecule has 0 aliphatic heterocycles. The van der Waals surface area contributed by atoms with Gasteiger partial charge < -0.3 is 9.54 Å². The molecule has 2 aromatic heterocycles. The third kappa shape index (κ3) is 3.60. The maximum atomic E-state index is 12.1. The van der Waals surface area contributed by atoms with Crippen molar-refractivity contribution in [3.63, 3.8) is 0 Å². The minimum atomic E-state index is -1.06. The predicted molar refractivity (Wildman–Crippen MR) is 81.3 cm³/mol. The largest absolute Gasteiger partial charge is 0.598 e. The van der Waals surface area contributed by atoms with E-state index in [1.165, 1.54) is 0 Å². The smallest absolute Gasteiger partial charge is 0.147 e. The predicted octanol–water partition coefficient (Wildman–Crippen LogP) is 3.25. The Morgan fingerprint density at radius 1 is 1.42 bits per heavy atom. The van der Waals surface area contributed by atoms with Gasteiger partial charge >= 0.3 is 0 Å². The van der Waals surface area contributed by atoms with Gasteiger partial charge in [-0.05, 0) is 39.8 Å². The van der Waals surface area contributed by atoms with Gasteiger partial charge in [-0.15, -0.1) is 16.1 Å². The molecular formula is C13H19N3OS2. The highest BCUT2D eigenvalue weighted by atomic mass is 32.2. The molecule has 0 saturated carbocycles. The molecule has 0 fully saturated rings. The fourth-order valence-electron chi connectivity index (χ4n) is 1.51. The second-order valence-electron chi connectivity index (χ2n) is 5.36. The third-order valence-corrected chi connectivity index (χ3v) is 5.58. The van der Waals surface area contributed by atoms with Crippen LogP contribution in [0.4, 0.5) is 0 Å². The maximum Gasteiger partial charge on any atom is 0.147 e. The summed E-state index contributed by atoms with van der Waals surface area (Å²) in [6, 6.07) is 4.16. The van der Waals surface area contributed by atoms with E-state index in [9.17, 15) is 4.55 Å². The number of imidazole rings is 1. The number of hydrogen-bond acceptors (Lipinski definition) is 4. The number of hydrogen-bond donors (Lipinski definition) is 2. The van der Waals surface area contributed by atoms with Crippen molar-refractivity contribution in [1.29, 1.82) is 0 Å². The first-order chi connectivity index (χ1) is 8.88. The lowest BCUT2D eigenvalue weighted by Gasteiger charge is -2.26. The molecule has 19 heavy (non-hydrogen) atoms. The molecule has 0 aromatic carbocycles. The Morgan fingerprint density at radius 2 is 2.16 bits per heavy atom. The van der Waals surface area contributed by atoms with Gasteiger partial charge in [0, 0.05) is 28.6 Å². The minimum Gasteiger partial charge on any atom is -0.598 e. The van der Waals surface area contributed by atoms with Gasteiger partial charge in [-0.3, -0.25) is 0 Å². The van der Waals surface area contributed by atoms with Crippen LogP contribution in [-0.2, 0) is 11.4 Å². The van der Waals surface area contributed by atoms with E-state index in [4.69, 9.17) is 0 Å². The second kappa shape index (κ2) is 5.66. The third-order valence-electron chi connectivity index (χ3n) is 2.63. The standard InChI is InChI=1S/C13H19N3OS2/c1-9(16-19(17)13(2,3)4)10-5-6-11(18-10)12-14-7-8-15-12/h5-9,16H,1-4H3,(H,14,15)/t9?,19-/m0/s1. The highest BCUT2D eigenvalue weighted by Crippen LogP contribution is 2.30. The van der Waals surface area contributed by atoms with E-state index < -0.39 is 11.4 Å². The van der Waals surface area contributed by atoms with E-state index >= 15 is 0 Å². The molecule has 2 N–H and O–H groups in total. The van der Waals surface area contributed by atoms with Crippen molar-refractivity contribution in [3.8, 4) is 10.7 Å². The molecule has 4 nitrogen and oxygen atoms in total. The molecule has 2 aromatic rings. The number of H-pyrrole nitrogens is 1. The van der Waals surface area contributed by atoms with Crippen LogP contribution >= 0.6 is 11.3 Å². The van der Waals surface area contributed by atoms with E-state index in [1.54, 1.807) is 17.5 Å². The molecule has 0 spiro atoms.